The summed E-state index contributed by atoms with van der Waals surface area (Å²) in [6, 6.07) is 15.6. The van der Waals surface area contributed by atoms with E-state index in [4.69, 9.17) is 4.74 Å². The molecule has 2 aromatic rings. The maximum Gasteiger partial charge on any atom is 0.242 e. The molecular weight excluding hydrogens is 442 g/mol. The fourth-order valence-electron chi connectivity index (χ4n) is 3.62. The molecule has 0 saturated heterocycles. The van der Waals surface area contributed by atoms with Gasteiger partial charge in [0, 0.05) is 26.6 Å². The number of methoxy groups -OCH3 is 1. The number of amides is 2. The molecule has 9 heteroatoms. The average molecular weight is 476 g/mol. The first kappa shape index (κ1) is 26.2. The van der Waals surface area contributed by atoms with Crippen LogP contribution in [0.1, 0.15) is 31.7 Å². The second-order valence-corrected chi connectivity index (χ2v) is 9.59. The maximum absolute atomic E-state index is 13.2. The largest absolute Gasteiger partial charge is 0.497 e. The molecule has 0 aliphatic rings. The molecule has 2 amide bonds. The monoisotopic (exact) mass is 475 g/mol. The Kier molecular flexibility index (Phi) is 9.72. The fourth-order valence-corrected chi connectivity index (χ4v) is 4.58. The van der Waals surface area contributed by atoms with Crippen LogP contribution in [0.4, 0.5) is 5.69 Å². The van der Waals surface area contributed by atoms with Gasteiger partial charge in [-0.2, -0.15) is 0 Å². The van der Waals surface area contributed by atoms with Gasteiger partial charge in [-0.15, -0.1) is 0 Å². The minimum absolute atomic E-state index is 0.114. The quantitative estimate of drug-likeness (QED) is 0.509. The Morgan fingerprint density at radius 3 is 2.21 bits per heavy atom. The summed E-state index contributed by atoms with van der Waals surface area (Å²) in [7, 11) is -0.448. The van der Waals surface area contributed by atoms with E-state index in [2.05, 4.69) is 5.32 Å². The number of ether oxygens (including phenoxy) is 1. The number of carbonyl (C=O) groups excluding carboxylic acids is 2. The normalized spacial score (nSPS) is 12.0. The van der Waals surface area contributed by atoms with Crippen LogP contribution >= 0.6 is 0 Å². The van der Waals surface area contributed by atoms with Gasteiger partial charge in [0.15, 0.2) is 0 Å². The lowest BCUT2D eigenvalue weighted by Gasteiger charge is -2.30. The first-order chi connectivity index (χ1) is 15.7. The molecule has 0 aromatic heterocycles. The van der Waals surface area contributed by atoms with Crippen molar-refractivity contribution in [3.8, 4) is 5.75 Å². The van der Waals surface area contributed by atoms with Crippen LogP contribution < -0.4 is 14.4 Å². The number of nitrogens with one attached hydrogen (secondary N) is 1. The van der Waals surface area contributed by atoms with Crippen LogP contribution in [0, 0.1) is 0 Å². The lowest BCUT2D eigenvalue weighted by Crippen LogP contribution is -2.48. The molecule has 0 aliphatic heterocycles. The van der Waals surface area contributed by atoms with Crippen molar-refractivity contribution >= 4 is 27.5 Å². The average Bonchev–Trinajstić information content (AvgIpc) is 2.81. The van der Waals surface area contributed by atoms with Crippen LogP contribution in [0.2, 0.25) is 0 Å². The van der Waals surface area contributed by atoms with Crippen molar-refractivity contribution in [1.82, 2.24) is 10.2 Å². The van der Waals surface area contributed by atoms with E-state index >= 15 is 0 Å². The summed E-state index contributed by atoms with van der Waals surface area (Å²) in [5.41, 5.74) is 1.42. The van der Waals surface area contributed by atoms with E-state index in [1.165, 1.54) is 4.31 Å². The van der Waals surface area contributed by atoms with Crippen LogP contribution in [0.25, 0.3) is 0 Å². The summed E-state index contributed by atoms with van der Waals surface area (Å²) < 4.78 is 31.1. The molecule has 1 atom stereocenters. The second kappa shape index (κ2) is 12.2. The molecule has 0 fully saturated rings. The van der Waals surface area contributed by atoms with Gasteiger partial charge in [-0.05, 0) is 42.7 Å². The molecule has 8 nitrogen and oxygen atoms in total. The molecule has 0 bridgehead atoms. The highest BCUT2D eigenvalue weighted by Gasteiger charge is 2.28. The minimum atomic E-state index is -3.54. The van der Waals surface area contributed by atoms with Crippen LogP contribution in [0.15, 0.2) is 54.6 Å². The van der Waals surface area contributed by atoms with E-state index in [0.717, 1.165) is 11.8 Å². The first-order valence-corrected chi connectivity index (χ1v) is 12.7. The maximum atomic E-state index is 13.2. The number of rotatable bonds is 12. The fraction of sp³-hybridized carbons (Fsp3) is 0.417. The van der Waals surface area contributed by atoms with Crippen molar-refractivity contribution in [1.29, 1.82) is 0 Å². The van der Waals surface area contributed by atoms with Crippen molar-refractivity contribution < 1.29 is 22.7 Å². The zero-order valence-electron chi connectivity index (χ0n) is 19.7. The van der Waals surface area contributed by atoms with Crippen molar-refractivity contribution in [2.24, 2.45) is 0 Å². The van der Waals surface area contributed by atoms with Crippen molar-refractivity contribution in [3.63, 3.8) is 0 Å². The highest BCUT2D eigenvalue weighted by Crippen LogP contribution is 2.22. The smallest absolute Gasteiger partial charge is 0.242 e. The van der Waals surface area contributed by atoms with Gasteiger partial charge < -0.3 is 15.0 Å². The SMILES string of the molecule is CC[C@@H](C(=O)NC)N(Cc1ccccc1)C(=O)CCCN(c1ccc(OC)cc1)S(C)(=O)=O. The predicted octanol–water partition coefficient (Wildman–Crippen LogP) is 2.79. The Hall–Kier alpha value is -3.07. The number of benzene rings is 2. The second-order valence-electron chi connectivity index (χ2n) is 7.68. The van der Waals surface area contributed by atoms with E-state index in [1.807, 2.05) is 37.3 Å². The first-order valence-electron chi connectivity index (χ1n) is 10.9. The number of carbonyl (C=O) groups is 2. The standard InChI is InChI=1S/C24H33N3O5S/c1-5-22(24(29)25-2)26(18-19-10-7-6-8-11-19)23(28)12-9-17-27(33(4,30)31)20-13-15-21(32-3)16-14-20/h6-8,10-11,13-16,22H,5,9,12,17-18H2,1-4H3,(H,25,29)/t22-/m0/s1. The highest BCUT2D eigenvalue weighted by molar-refractivity contribution is 7.92. The van der Waals surface area contributed by atoms with Crippen molar-refractivity contribution in [2.45, 2.75) is 38.8 Å². The van der Waals surface area contributed by atoms with Crippen LogP contribution in [-0.2, 0) is 26.2 Å². The lowest BCUT2D eigenvalue weighted by atomic mass is 10.1. The number of sulfonamides is 1. The van der Waals surface area contributed by atoms with Crippen LogP contribution in [-0.4, -0.2) is 58.1 Å². The van der Waals surface area contributed by atoms with Gasteiger partial charge in [-0.1, -0.05) is 37.3 Å². The van der Waals surface area contributed by atoms with Gasteiger partial charge in [0.25, 0.3) is 0 Å². The van der Waals surface area contributed by atoms with E-state index in [-0.39, 0.29) is 24.8 Å². The number of nitrogens with zero attached hydrogens (tertiary/aromatic N) is 2. The third kappa shape index (κ3) is 7.49. The number of likely N-dealkylation sites (N-methyl/N-ethyl adjacent to an activating group) is 1. The van der Waals surface area contributed by atoms with E-state index < -0.39 is 16.1 Å². The molecular formula is C24H33N3O5S. The third-order valence-electron chi connectivity index (χ3n) is 5.34. The van der Waals surface area contributed by atoms with Gasteiger partial charge in [0.2, 0.25) is 21.8 Å². The van der Waals surface area contributed by atoms with Gasteiger partial charge in [-0.3, -0.25) is 13.9 Å². The summed E-state index contributed by atoms with van der Waals surface area (Å²) in [5, 5.41) is 2.63. The van der Waals surface area contributed by atoms with Crippen molar-refractivity contribution in [3.05, 3.63) is 60.2 Å². The summed E-state index contributed by atoms with van der Waals surface area (Å²) in [4.78, 5) is 27.2. The third-order valence-corrected chi connectivity index (χ3v) is 6.53. The number of hydrogen-bond donors (Lipinski definition) is 1. The Bertz CT molecular complexity index is 1010. The van der Waals surface area contributed by atoms with E-state index in [0.29, 0.717) is 30.8 Å². The van der Waals surface area contributed by atoms with Crippen molar-refractivity contribution in [2.75, 3.05) is 31.3 Å². The molecule has 33 heavy (non-hydrogen) atoms. The van der Waals surface area contributed by atoms with Gasteiger partial charge >= 0.3 is 0 Å². The Morgan fingerprint density at radius 2 is 1.70 bits per heavy atom. The predicted molar refractivity (Wildman–Crippen MR) is 130 cm³/mol. The molecule has 0 radical (unpaired) electrons. The molecule has 0 saturated carbocycles. The van der Waals surface area contributed by atoms with Crippen LogP contribution in [0.3, 0.4) is 0 Å². The van der Waals surface area contributed by atoms with Gasteiger partial charge in [0.05, 0.1) is 19.1 Å². The number of hydrogen-bond acceptors (Lipinski definition) is 5. The minimum Gasteiger partial charge on any atom is -0.497 e. The molecule has 0 unspecified atom stereocenters. The van der Waals surface area contributed by atoms with Crippen LogP contribution in [0.5, 0.6) is 5.75 Å². The molecule has 0 spiro atoms. The van der Waals surface area contributed by atoms with Gasteiger partial charge in [-0.25, -0.2) is 8.42 Å². The van der Waals surface area contributed by atoms with Gasteiger partial charge in [0.1, 0.15) is 11.8 Å². The zero-order chi connectivity index (χ0) is 24.4. The molecule has 0 heterocycles. The summed E-state index contributed by atoms with van der Waals surface area (Å²) in [6.07, 6.45) is 2.04. The molecule has 2 aromatic carbocycles. The molecule has 0 aliphatic carbocycles. The topological polar surface area (TPSA) is 96.0 Å². The van der Waals surface area contributed by atoms with E-state index in [9.17, 15) is 18.0 Å². The summed E-state index contributed by atoms with van der Waals surface area (Å²) in [6.45, 7) is 2.31. The lowest BCUT2D eigenvalue weighted by molar-refractivity contribution is -0.141. The molecule has 180 valence electrons. The highest BCUT2D eigenvalue weighted by atomic mass is 32.2. The van der Waals surface area contributed by atoms with E-state index in [1.54, 1.807) is 43.3 Å². The summed E-state index contributed by atoms with van der Waals surface area (Å²) in [5.74, 6) is 0.203. The Labute approximate surface area is 196 Å². The number of anilines is 1. The zero-order valence-corrected chi connectivity index (χ0v) is 20.5. The molecule has 2 rings (SSSR count). The molecule has 1 N–H and O–H groups in total. The Balaban J connectivity index is 2.15. The summed E-state index contributed by atoms with van der Waals surface area (Å²) >= 11 is 0. The Morgan fingerprint density at radius 1 is 1.06 bits per heavy atom.